The van der Waals surface area contributed by atoms with E-state index in [0.717, 1.165) is 0 Å². The van der Waals surface area contributed by atoms with Gasteiger partial charge in [-0.1, -0.05) is 18.2 Å². The maximum atomic E-state index is 12.7. The number of carboxylic acid groups (broad SMARTS) is 1. The van der Waals surface area contributed by atoms with Crippen LogP contribution in [0.2, 0.25) is 0 Å². The van der Waals surface area contributed by atoms with Crippen LogP contribution < -0.4 is 0 Å². The zero-order valence-corrected chi connectivity index (χ0v) is 8.32. The third kappa shape index (κ3) is 2.85. The molecule has 0 radical (unpaired) electrons. The molecule has 0 amide bonds. The molecule has 3 nitrogen and oxygen atoms in total. The Bertz CT molecular complexity index is 402. The Balaban J connectivity index is 3.06. The lowest BCUT2D eigenvalue weighted by Crippen LogP contribution is -2.03. The lowest BCUT2D eigenvalue weighted by atomic mass is 9.98. The van der Waals surface area contributed by atoms with Gasteiger partial charge in [-0.15, -0.1) is 0 Å². The first kappa shape index (κ1) is 12.3. The Labute approximate surface area is 90.7 Å². The van der Waals surface area contributed by atoms with Crippen LogP contribution in [0.5, 0.6) is 0 Å². The Morgan fingerprint density at radius 2 is 2.12 bits per heavy atom. The fourth-order valence-corrected chi connectivity index (χ4v) is 1.46. The first-order chi connectivity index (χ1) is 7.56. The normalized spacial score (nSPS) is 10.4. The van der Waals surface area contributed by atoms with Crippen molar-refractivity contribution in [3.05, 3.63) is 34.9 Å². The Hall–Kier alpha value is -1.78. The summed E-state index contributed by atoms with van der Waals surface area (Å²) in [5.41, 5.74) is -0.237. The van der Waals surface area contributed by atoms with Gasteiger partial charge in [-0.05, 0) is 12.0 Å². The van der Waals surface area contributed by atoms with E-state index < -0.39 is 12.4 Å². The van der Waals surface area contributed by atoms with Gasteiger partial charge in [-0.3, -0.25) is 9.59 Å². The predicted molar refractivity (Wildman–Crippen MR) is 52.7 cm³/mol. The summed E-state index contributed by atoms with van der Waals surface area (Å²) in [6.07, 6.45) is -2.66. The second-order valence-corrected chi connectivity index (χ2v) is 3.23. The third-order valence-corrected chi connectivity index (χ3v) is 2.18. The molecule has 0 atom stereocenters. The molecule has 1 aromatic carbocycles. The standard InChI is InChI=1S/C11H10F2O3/c12-11(13)10-7(4-5-9(15)16)2-1-3-8(10)6-14/h1-3,6,11H,4-5H2,(H,15,16). The van der Waals surface area contributed by atoms with Gasteiger partial charge in [0.2, 0.25) is 0 Å². The number of carbonyl (C=O) groups excluding carboxylic acids is 1. The second-order valence-electron chi connectivity index (χ2n) is 3.23. The van der Waals surface area contributed by atoms with Crippen LogP contribution in [0.3, 0.4) is 0 Å². The molecular formula is C11H10F2O3. The van der Waals surface area contributed by atoms with Gasteiger partial charge >= 0.3 is 5.97 Å². The van der Waals surface area contributed by atoms with Gasteiger partial charge in [0.05, 0.1) is 0 Å². The topological polar surface area (TPSA) is 54.4 Å². The van der Waals surface area contributed by atoms with E-state index in [2.05, 4.69) is 0 Å². The number of aldehydes is 1. The molecule has 0 bridgehead atoms. The number of rotatable bonds is 5. The summed E-state index contributed by atoms with van der Waals surface area (Å²) in [4.78, 5) is 20.9. The van der Waals surface area contributed by atoms with Crippen LogP contribution in [0.4, 0.5) is 8.78 Å². The molecule has 1 N–H and O–H groups in total. The van der Waals surface area contributed by atoms with E-state index in [-0.39, 0.29) is 29.5 Å². The lowest BCUT2D eigenvalue weighted by Gasteiger charge is -2.09. The van der Waals surface area contributed by atoms with E-state index in [4.69, 9.17) is 5.11 Å². The van der Waals surface area contributed by atoms with Gasteiger partial charge in [0.1, 0.15) is 0 Å². The molecular weight excluding hydrogens is 218 g/mol. The van der Waals surface area contributed by atoms with Crippen LogP contribution in [-0.4, -0.2) is 17.4 Å². The fourth-order valence-electron chi connectivity index (χ4n) is 1.46. The van der Waals surface area contributed by atoms with E-state index in [0.29, 0.717) is 6.29 Å². The molecule has 1 aromatic rings. The van der Waals surface area contributed by atoms with Crippen LogP contribution in [-0.2, 0) is 11.2 Å². The summed E-state index contributed by atoms with van der Waals surface area (Å²) in [6.45, 7) is 0. The van der Waals surface area contributed by atoms with Crippen LogP contribution in [0.15, 0.2) is 18.2 Å². The Morgan fingerprint density at radius 1 is 1.44 bits per heavy atom. The van der Waals surface area contributed by atoms with Crippen molar-refractivity contribution >= 4 is 12.3 Å². The van der Waals surface area contributed by atoms with Gasteiger partial charge < -0.3 is 5.11 Å². The Kier molecular flexibility index (Phi) is 4.10. The largest absolute Gasteiger partial charge is 0.481 e. The summed E-state index contributed by atoms with van der Waals surface area (Å²) in [5.74, 6) is -1.06. The van der Waals surface area contributed by atoms with Crippen molar-refractivity contribution in [1.82, 2.24) is 0 Å². The molecule has 0 aromatic heterocycles. The molecule has 0 saturated heterocycles. The molecule has 0 spiro atoms. The zero-order chi connectivity index (χ0) is 12.1. The Morgan fingerprint density at radius 3 is 2.62 bits per heavy atom. The third-order valence-electron chi connectivity index (χ3n) is 2.18. The van der Waals surface area contributed by atoms with Crippen molar-refractivity contribution in [3.63, 3.8) is 0 Å². The van der Waals surface area contributed by atoms with E-state index in [1.165, 1.54) is 18.2 Å². The van der Waals surface area contributed by atoms with Gasteiger partial charge in [-0.25, -0.2) is 8.78 Å². The van der Waals surface area contributed by atoms with E-state index >= 15 is 0 Å². The number of alkyl halides is 2. The fraction of sp³-hybridized carbons (Fsp3) is 0.273. The summed E-state index contributed by atoms with van der Waals surface area (Å²) in [5, 5.41) is 8.47. The molecule has 0 saturated carbocycles. The number of carboxylic acids is 1. The van der Waals surface area contributed by atoms with E-state index in [9.17, 15) is 18.4 Å². The highest BCUT2D eigenvalue weighted by molar-refractivity contribution is 5.78. The molecule has 0 aliphatic carbocycles. The SMILES string of the molecule is O=Cc1cccc(CCC(=O)O)c1C(F)F. The lowest BCUT2D eigenvalue weighted by molar-refractivity contribution is -0.136. The van der Waals surface area contributed by atoms with E-state index in [1.807, 2.05) is 0 Å². The van der Waals surface area contributed by atoms with Gasteiger partial charge in [0.25, 0.3) is 6.43 Å². The van der Waals surface area contributed by atoms with Crippen molar-refractivity contribution in [2.75, 3.05) is 0 Å². The number of hydrogen-bond donors (Lipinski definition) is 1. The second kappa shape index (κ2) is 5.34. The monoisotopic (exact) mass is 228 g/mol. The highest BCUT2D eigenvalue weighted by Crippen LogP contribution is 2.26. The van der Waals surface area contributed by atoms with Crippen LogP contribution in [0.25, 0.3) is 0 Å². The molecule has 0 unspecified atom stereocenters. The van der Waals surface area contributed by atoms with Crippen LogP contribution in [0, 0.1) is 0 Å². The predicted octanol–water partition coefficient (Wildman–Crippen LogP) is 2.45. The minimum absolute atomic E-state index is 0.00329. The number of halogens is 2. The smallest absolute Gasteiger partial charge is 0.303 e. The number of carbonyl (C=O) groups is 2. The van der Waals surface area contributed by atoms with Crippen molar-refractivity contribution in [2.45, 2.75) is 19.3 Å². The maximum Gasteiger partial charge on any atom is 0.303 e. The molecule has 0 heterocycles. The summed E-state index contributed by atoms with van der Waals surface area (Å²) in [7, 11) is 0. The van der Waals surface area contributed by atoms with Crippen LogP contribution in [0.1, 0.15) is 34.3 Å². The summed E-state index contributed by atoms with van der Waals surface area (Å²) < 4.78 is 25.4. The highest BCUT2D eigenvalue weighted by Gasteiger charge is 2.17. The molecule has 5 heteroatoms. The van der Waals surface area contributed by atoms with E-state index in [1.54, 1.807) is 0 Å². The average Bonchev–Trinajstić information content (AvgIpc) is 2.25. The molecule has 0 aliphatic heterocycles. The van der Waals surface area contributed by atoms with Crippen molar-refractivity contribution in [1.29, 1.82) is 0 Å². The quantitative estimate of drug-likeness (QED) is 0.787. The van der Waals surface area contributed by atoms with Crippen LogP contribution >= 0.6 is 0 Å². The number of hydrogen-bond acceptors (Lipinski definition) is 2. The first-order valence-electron chi connectivity index (χ1n) is 4.63. The van der Waals surface area contributed by atoms with Crippen molar-refractivity contribution in [2.24, 2.45) is 0 Å². The van der Waals surface area contributed by atoms with Gasteiger partial charge in [0.15, 0.2) is 6.29 Å². The van der Waals surface area contributed by atoms with Gasteiger partial charge in [-0.2, -0.15) is 0 Å². The molecule has 0 aliphatic rings. The maximum absolute atomic E-state index is 12.7. The average molecular weight is 228 g/mol. The van der Waals surface area contributed by atoms with Crippen molar-refractivity contribution in [3.8, 4) is 0 Å². The summed E-state index contributed by atoms with van der Waals surface area (Å²) in [6, 6.07) is 4.17. The first-order valence-corrected chi connectivity index (χ1v) is 4.63. The highest BCUT2D eigenvalue weighted by atomic mass is 19.3. The zero-order valence-electron chi connectivity index (χ0n) is 8.32. The molecule has 0 fully saturated rings. The molecule has 16 heavy (non-hydrogen) atoms. The van der Waals surface area contributed by atoms with Crippen molar-refractivity contribution < 1.29 is 23.5 Å². The number of aliphatic carboxylic acids is 1. The molecule has 86 valence electrons. The minimum atomic E-state index is -2.77. The molecule has 1 rings (SSSR count). The summed E-state index contributed by atoms with van der Waals surface area (Å²) >= 11 is 0. The number of benzene rings is 1. The van der Waals surface area contributed by atoms with Gasteiger partial charge in [0, 0.05) is 17.5 Å². The number of aryl methyl sites for hydroxylation is 1. The minimum Gasteiger partial charge on any atom is -0.481 e.